The second-order valence-electron chi connectivity index (χ2n) is 7.51. The molecule has 0 N–H and O–H groups in total. The van der Waals surface area contributed by atoms with Gasteiger partial charge in [-0.1, -0.05) is 32.0 Å². The fourth-order valence-electron chi connectivity index (χ4n) is 3.23. The Bertz CT molecular complexity index is 869. The summed E-state index contributed by atoms with van der Waals surface area (Å²) in [4.78, 5) is 4.60. The van der Waals surface area contributed by atoms with Crippen LogP contribution < -0.4 is 4.74 Å². The summed E-state index contributed by atoms with van der Waals surface area (Å²) in [6.07, 6.45) is 0.615. The molecule has 1 aromatic heterocycles. The van der Waals surface area contributed by atoms with Crippen LogP contribution in [0.3, 0.4) is 0 Å². The van der Waals surface area contributed by atoms with Crippen LogP contribution in [0.25, 0.3) is 0 Å². The van der Waals surface area contributed by atoms with Gasteiger partial charge in [0.05, 0.1) is 17.9 Å². The van der Waals surface area contributed by atoms with Gasteiger partial charge in [0, 0.05) is 17.5 Å². The van der Waals surface area contributed by atoms with E-state index in [4.69, 9.17) is 9.47 Å². The van der Waals surface area contributed by atoms with E-state index < -0.39 is 0 Å². The average Bonchev–Trinajstić information content (AvgIpc) is 2.59. The zero-order valence-electron chi connectivity index (χ0n) is 15.6. The second-order valence-corrected chi connectivity index (χ2v) is 7.51. The van der Waals surface area contributed by atoms with Crippen molar-refractivity contribution in [3.05, 3.63) is 58.0 Å². The number of ether oxygens (including phenoxy) is 2. The first kappa shape index (κ1) is 18.3. The highest BCUT2D eigenvalue weighted by atomic mass is 19.1. The molecular weight excluding hydrogens is 331 g/mol. The van der Waals surface area contributed by atoms with E-state index in [0.717, 1.165) is 16.8 Å². The highest BCUT2D eigenvalue weighted by Crippen LogP contribution is 2.37. The number of aromatic nitrogens is 1. The summed E-state index contributed by atoms with van der Waals surface area (Å²) in [6.45, 7) is 8.58. The van der Waals surface area contributed by atoms with Crippen molar-refractivity contribution in [2.24, 2.45) is 0 Å². The molecule has 2 heterocycles. The van der Waals surface area contributed by atoms with Gasteiger partial charge in [-0.05, 0) is 31.4 Å². The van der Waals surface area contributed by atoms with Crippen molar-refractivity contribution in [1.29, 1.82) is 5.26 Å². The van der Waals surface area contributed by atoms with Crippen LogP contribution in [0.4, 0.5) is 4.39 Å². The van der Waals surface area contributed by atoms with E-state index in [1.165, 1.54) is 6.07 Å². The number of hydrogen-bond donors (Lipinski definition) is 0. The van der Waals surface area contributed by atoms with Gasteiger partial charge < -0.3 is 9.47 Å². The maximum Gasteiger partial charge on any atom is 0.232 e. The molecular formula is C21H23FN2O2. The smallest absolute Gasteiger partial charge is 0.232 e. The van der Waals surface area contributed by atoms with Gasteiger partial charge in [-0.25, -0.2) is 9.37 Å². The predicted molar refractivity (Wildman–Crippen MR) is 96.3 cm³/mol. The fraction of sp³-hybridized carbons (Fsp3) is 0.429. The average molecular weight is 354 g/mol. The van der Waals surface area contributed by atoms with Crippen molar-refractivity contribution >= 4 is 0 Å². The largest absolute Gasteiger partial charge is 0.472 e. The molecule has 26 heavy (non-hydrogen) atoms. The van der Waals surface area contributed by atoms with Crippen LogP contribution in [-0.4, -0.2) is 10.6 Å². The zero-order chi connectivity index (χ0) is 18.9. The van der Waals surface area contributed by atoms with Crippen molar-refractivity contribution in [1.82, 2.24) is 4.98 Å². The molecule has 0 saturated carbocycles. The van der Waals surface area contributed by atoms with Crippen LogP contribution in [0.2, 0.25) is 0 Å². The lowest BCUT2D eigenvalue weighted by molar-refractivity contribution is -0.0409. The Labute approximate surface area is 153 Å². The van der Waals surface area contributed by atoms with Crippen LogP contribution in [0, 0.1) is 17.1 Å². The fourth-order valence-corrected chi connectivity index (χ4v) is 3.23. The van der Waals surface area contributed by atoms with E-state index >= 15 is 0 Å². The van der Waals surface area contributed by atoms with E-state index in [1.54, 1.807) is 18.2 Å². The quantitative estimate of drug-likeness (QED) is 0.802. The Hall–Kier alpha value is -2.45. The van der Waals surface area contributed by atoms with Gasteiger partial charge in [0.25, 0.3) is 0 Å². The molecule has 5 heteroatoms. The number of nitrogens with zero attached hydrogens (tertiary/aromatic N) is 2. The molecule has 1 aromatic carbocycles. The standard InChI is InChI=1S/C21H23FN2O2/c1-13(2)19-17-12-26-21(3,4)9-15(17)16(10-23)20(24-19)25-11-14-7-5-6-8-18(14)22/h5-8,13H,9,11-12H2,1-4H3. The molecule has 0 atom stereocenters. The molecule has 4 nitrogen and oxygen atoms in total. The van der Waals surface area contributed by atoms with Crippen LogP contribution >= 0.6 is 0 Å². The third-order valence-corrected chi connectivity index (χ3v) is 4.60. The Morgan fingerprint density at radius 2 is 2.04 bits per heavy atom. The summed E-state index contributed by atoms with van der Waals surface area (Å²) in [5, 5.41) is 9.74. The summed E-state index contributed by atoms with van der Waals surface area (Å²) < 4.78 is 25.6. The molecule has 0 amide bonds. The maximum absolute atomic E-state index is 13.9. The third-order valence-electron chi connectivity index (χ3n) is 4.60. The SMILES string of the molecule is CC(C)c1nc(OCc2ccccc2F)c(C#N)c2c1COC(C)(C)C2. The molecule has 3 rings (SSSR count). The topological polar surface area (TPSA) is 55.1 Å². The molecule has 0 bridgehead atoms. The Morgan fingerprint density at radius 1 is 1.31 bits per heavy atom. The molecule has 0 saturated heterocycles. The highest BCUT2D eigenvalue weighted by Gasteiger charge is 2.32. The monoisotopic (exact) mass is 354 g/mol. The van der Waals surface area contributed by atoms with Crippen molar-refractivity contribution < 1.29 is 13.9 Å². The first-order chi connectivity index (χ1) is 12.3. The molecule has 0 radical (unpaired) electrons. The van der Waals surface area contributed by atoms with Crippen molar-refractivity contribution in [2.45, 2.75) is 58.8 Å². The van der Waals surface area contributed by atoms with E-state index in [9.17, 15) is 9.65 Å². The number of halogens is 1. The maximum atomic E-state index is 13.9. The molecule has 2 aromatic rings. The minimum atomic E-state index is -0.350. The van der Waals surface area contributed by atoms with Crippen LogP contribution in [0.1, 0.15) is 61.6 Å². The first-order valence-electron chi connectivity index (χ1n) is 8.78. The summed E-state index contributed by atoms with van der Waals surface area (Å²) in [5.74, 6) is 0.107. The van der Waals surface area contributed by atoms with Crippen molar-refractivity contribution in [2.75, 3.05) is 0 Å². The number of pyridine rings is 1. The van der Waals surface area contributed by atoms with E-state index in [-0.39, 0.29) is 29.8 Å². The van der Waals surface area contributed by atoms with Crippen molar-refractivity contribution in [3.63, 3.8) is 0 Å². The normalized spacial score (nSPS) is 15.4. The second kappa shape index (κ2) is 7.05. The lowest BCUT2D eigenvalue weighted by atomic mass is 9.86. The molecule has 1 aliphatic heterocycles. The predicted octanol–water partition coefficient (Wildman–Crippen LogP) is 4.65. The minimum Gasteiger partial charge on any atom is -0.472 e. The van der Waals surface area contributed by atoms with E-state index in [2.05, 4.69) is 24.9 Å². The third kappa shape index (κ3) is 3.56. The highest BCUT2D eigenvalue weighted by molar-refractivity contribution is 5.52. The van der Waals surface area contributed by atoms with Crippen molar-refractivity contribution in [3.8, 4) is 11.9 Å². The summed E-state index contributed by atoms with van der Waals surface area (Å²) in [5.41, 5.74) is 3.30. The van der Waals surface area contributed by atoms with Gasteiger partial charge in [-0.15, -0.1) is 0 Å². The Morgan fingerprint density at radius 3 is 2.69 bits per heavy atom. The van der Waals surface area contributed by atoms with E-state index in [0.29, 0.717) is 24.2 Å². The van der Waals surface area contributed by atoms with Crippen LogP contribution in [0.5, 0.6) is 5.88 Å². The lowest BCUT2D eigenvalue weighted by Gasteiger charge is -2.34. The molecule has 0 aliphatic carbocycles. The van der Waals surface area contributed by atoms with Gasteiger partial charge in [-0.3, -0.25) is 0 Å². The number of benzene rings is 1. The summed E-state index contributed by atoms with van der Waals surface area (Å²) in [6, 6.07) is 8.69. The zero-order valence-corrected chi connectivity index (χ0v) is 15.6. The Balaban J connectivity index is 2.03. The van der Waals surface area contributed by atoms with E-state index in [1.807, 2.05) is 13.8 Å². The van der Waals surface area contributed by atoms with Gasteiger partial charge in [-0.2, -0.15) is 5.26 Å². The van der Waals surface area contributed by atoms with Crippen LogP contribution in [0.15, 0.2) is 24.3 Å². The van der Waals surface area contributed by atoms with Gasteiger partial charge in [0.2, 0.25) is 5.88 Å². The molecule has 0 spiro atoms. The van der Waals surface area contributed by atoms with Gasteiger partial charge >= 0.3 is 0 Å². The summed E-state index contributed by atoms with van der Waals surface area (Å²) in [7, 11) is 0. The number of fused-ring (bicyclic) bond motifs is 1. The van der Waals surface area contributed by atoms with Crippen LogP contribution in [-0.2, 0) is 24.4 Å². The molecule has 136 valence electrons. The minimum absolute atomic E-state index is 0.0323. The molecule has 0 unspecified atom stereocenters. The van der Waals surface area contributed by atoms with Gasteiger partial charge in [0.15, 0.2) is 0 Å². The number of hydrogen-bond acceptors (Lipinski definition) is 4. The first-order valence-corrected chi connectivity index (χ1v) is 8.78. The Kier molecular flexibility index (Phi) is 4.97. The lowest BCUT2D eigenvalue weighted by Crippen LogP contribution is -2.33. The number of rotatable bonds is 4. The van der Waals surface area contributed by atoms with Gasteiger partial charge in [0.1, 0.15) is 24.1 Å². The molecule has 1 aliphatic rings. The molecule has 0 fully saturated rings. The summed E-state index contributed by atoms with van der Waals surface area (Å²) >= 11 is 0. The number of nitriles is 1.